The molecule has 2 aromatic carbocycles. The third kappa shape index (κ3) is 4.31. The topological polar surface area (TPSA) is 140 Å². The van der Waals surface area contributed by atoms with E-state index in [-0.39, 0.29) is 35.6 Å². The third-order valence-electron chi connectivity index (χ3n) is 6.45. The smallest absolute Gasteiger partial charge is 0.382 e. The van der Waals surface area contributed by atoms with Crippen LogP contribution in [0.4, 0.5) is 32.0 Å². The van der Waals surface area contributed by atoms with Crippen LogP contribution in [0, 0.1) is 5.41 Å². The van der Waals surface area contributed by atoms with E-state index in [0.717, 1.165) is 18.2 Å². The Kier molecular flexibility index (Phi) is 5.70. The molecule has 0 atom stereocenters. The molecule has 3 aliphatic carbocycles. The maximum Gasteiger partial charge on any atom is 0.416 e. The molecule has 2 aromatic rings. The highest BCUT2D eigenvalue weighted by Crippen LogP contribution is 2.73. The number of amides is 1. The monoisotopic (exact) mass is 535 g/mol. The van der Waals surface area contributed by atoms with E-state index in [4.69, 9.17) is 11.6 Å². The largest absolute Gasteiger partial charge is 0.416 e. The van der Waals surface area contributed by atoms with Gasteiger partial charge in [0.25, 0.3) is 15.9 Å². The summed E-state index contributed by atoms with van der Waals surface area (Å²) in [6, 6.07) is 6.51. The van der Waals surface area contributed by atoms with E-state index in [2.05, 4.69) is 10.4 Å². The molecule has 0 radical (unpaired) electrons. The van der Waals surface area contributed by atoms with Gasteiger partial charge in [0.15, 0.2) is 0 Å². The summed E-state index contributed by atoms with van der Waals surface area (Å²) in [5, 5.41) is 5.69. The van der Waals surface area contributed by atoms with Gasteiger partial charge in [-0.3, -0.25) is 9.52 Å². The number of hydrogen-bond donors (Lipinski definition) is 4. The van der Waals surface area contributed by atoms with E-state index in [9.17, 15) is 39.6 Å². The first kappa shape index (κ1) is 25.6. The van der Waals surface area contributed by atoms with Gasteiger partial charge in [-0.25, -0.2) is 8.42 Å². The Morgan fingerprint density at radius 3 is 2.06 bits per heavy atom. The van der Waals surface area contributed by atoms with Crippen molar-refractivity contribution < 1.29 is 39.6 Å². The number of benzene rings is 2. The van der Waals surface area contributed by atoms with Crippen LogP contribution >= 0.6 is 0 Å². The van der Waals surface area contributed by atoms with Gasteiger partial charge in [-0.1, -0.05) is 0 Å². The van der Waals surface area contributed by atoms with Crippen LogP contribution in [0.15, 0.2) is 52.5 Å². The number of anilines is 1. The Hall–Kier alpha value is -3.49. The van der Waals surface area contributed by atoms with Crippen LogP contribution in [0.3, 0.4) is 0 Å². The van der Waals surface area contributed by atoms with Crippen LogP contribution in [0.1, 0.15) is 40.7 Å². The summed E-state index contributed by atoms with van der Waals surface area (Å²) >= 11 is 0. The molecule has 8 nitrogen and oxygen atoms in total. The number of hydrazone groups is 1. The van der Waals surface area contributed by atoms with E-state index in [0.29, 0.717) is 12.1 Å². The van der Waals surface area contributed by atoms with Gasteiger partial charge in [-0.05, 0) is 61.7 Å². The van der Waals surface area contributed by atoms with Gasteiger partial charge in [-0.2, -0.15) is 31.4 Å². The lowest BCUT2D eigenvalue weighted by molar-refractivity contribution is -0.336. The Morgan fingerprint density at radius 2 is 1.56 bits per heavy atom. The fraction of sp³-hybridized carbons (Fsp3) is 0.333. The highest BCUT2D eigenvalue weighted by Gasteiger charge is 2.79. The number of rotatable bonds is 6. The van der Waals surface area contributed by atoms with Crippen LogP contribution in [0.5, 0.6) is 0 Å². The summed E-state index contributed by atoms with van der Waals surface area (Å²) in [6.07, 6.45) is -10.3. The standard InChI is InChI=1S/C21H19F6N5O3S/c22-20(23,24)12-3-6-14(17(33)30-19-8-18(9-19,10-19)21(25,26)27)15(7-12)32-36(34,35)13-4-1-11(2-5-13)16(28)31-29/h1-7,32H,8-10,29H2,(H2,28,31)(H,30,33). The van der Waals surface area contributed by atoms with Crippen molar-refractivity contribution in [2.24, 2.45) is 22.1 Å². The molecule has 6 N–H and O–H groups in total. The molecule has 36 heavy (non-hydrogen) atoms. The number of carbonyl (C=O) groups is 1. The second-order valence-electron chi connectivity index (χ2n) is 8.95. The van der Waals surface area contributed by atoms with Crippen molar-refractivity contribution in [3.05, 3.63) is 59.2 Å². The lowest BCUT2D eigenvalue weighted by atomic mass is 9.39. The van der Waals surface area contributed by atoms with Crippen molar-refractivity contribution in [1.82, 2.24) is 5.32 Å². The highest BCUT2D eigenvalue weighted by atomic mass is 32.2. The molecule has 3 aliphatic rings. The van der Waals surface area contributed by atoms with E-state index >= 15 is 0 Å². The van der Waals surface area contributed by atoms with E-state index < -0.39 is 56.1 Å². The molecule has 0 aliphatic heterocycles. The zero-order valence-corrected chi connectivity index (χ0v) is 19.0. The predicted molar refractivity (Wildman–Crippen MR) is 116 cm³/mol. The molecule has 3 fully saturated rings. The molecule has 3 saturated carbocycles. The summed E-state index contributed by atoms with van der Waals surface area (Å²) in [5.74, 6) is 3.97. The first-order chi connectivity index (χ1) is 16.5. The average Bonchev–Trinajstić information content (AvgIpc) is 2.72. The van der Waals surface area contributed by atoms with Crippen LogP contribution in [0.25, 0.3) is 0 Å². The average molecular weight is 535 g/mol. The minimum absolute atomic E-state index is 0.0929. The molecule has 0 aromatic heterocycles. The van der Waals surface area contributed by atoms with Crippen molar-refractivity contribution in [3.63, 3.8) is 0 Å². The van der Waals surface area contributed by atoms with Crippen LogP contribution in [0.2, 0.25) is 0 Å². The third-order valence-corrected chi connectivity index (χ3v) is 7.83. The first-order valence-electron chi connectivity index (χ1n) is 10.3. The fourth-order valence-electron chi connectivity index (χ4n) is 4.62. The number of nitrogens with two attached hydrogens (primary N) is 2. The van der Waals surface area contributed by atoms with Crippen molar-refractivity contribution in [3.8, 4) is 0 Å². The minimum atomic E-state index is -4.86. The molecule has 1 amide bonds. The number of nitrogens with one attached hydrogen (secondary N) is 2. The van der Waals surface area contributed by atoms with Crippen LogP contribution in [-0.4, -0.2) is 31.9 Å². The maximum atomic E-state index is 13.3. The molecule has 15 heteroatoms. The fourth-order valence-corrected chi connectivity index (χ4v) is 5.69. The molecule has 194 valence electrons. The zero-order chi connectivity index (χ0) is 26.7. The quantitative estimate of drug-likeness (QED) is 0.148. The van der Waals surface area contributed by atoms with E-state index in [1.54, 1.807) is 0 Å². The molecule has 0 saturated heterocycles. The molecular weight excluding hydrogens is 516 g/mol. The predicted octanol–water partition coefficient (Wildman–Crippen LogP) is 3.30. The zero-order valence-electron chi connectivity index (χ0n) is 18.2. The lowest BCUT2D eigenvalue weighted by Gasteiger charge is -2.70. The summed E-state index contributed by atoms with van der Waals surface area (Å²) in [5.41, 5.74) is 0.418. The van der Waals surface area contributed by atoms with Gasteiger partial charge in [-0.15, -0.1) is 0 Å². The molecule has 0 unspecified atom stereocenters. The van der Waals surface area contributed by atoms with Gasteiger partial charge in [0.2, 0.25) is 0 Å². The summed E-state index contributed by atoms with van der Waals surface area (Å²) < 4.78 is 107. The SMILES string of the molecule is N/N=C(\N)c1ccc(S(=O)(=O)Nc2cc(C(F)(F)F)ccc2C(=O)NC23CC(C(F)(F)F)(C2)C3)cc1. The number of nitrogens with zero attached hydrogens (tertiary/aromatic N) is 1. The first-order valence-corrected chi connectivity index (χ1v) is 11.8. The number of sulfonamides is 1. The number of amidine groups is 1. The summed E-state index contributed by atoms with van der Waals surface area (Å²) in [6.45, 7) is 0. The maximum absolute atomic E-state index is 13.3. The molecule has 0 spiro atoms. The minimum Gasteiger partial charge on any atom is -0.382 e. The Morgan fingerprint density at radius 1 is 0.972 bits per heavy atom. The van der Waals surface area contributed by atoms with Crippen molar-refractivity contribution in [2.45, 2.75) is 42.0 Å². The molecule has 5 rings (SSSR count). The van der Waals surface area contributed by atoms with Gasteiger partial charge >= 0.3 is 12.4 Å². The van der Waals surface area contributed by atoms with Crippen LogP contribution < -0.4 is 21.6 Å². The molecule has 0 heterocycles. The molecular formula is C21H19F6N5O3S. The normalized spacial score (nSPS) is 23.9. The Labute approximate surface area is 200 Å². The lowest BCUT2D eigenvalue weighted by Crippen LogP contribution is -2.78. The Bertz CT molecular complexity index is 1330. The summed E-state index contributed by atoms with van der Waals surface area (Å²) in [4.78, 5) is 12.5. The van der Waals surface area contributed by atoms with Gasteiger partial charge in [0, 0.05) is 11.1 Å². The van der Waals surface area contributed by atoms with E-state index in [1.807, 2.05) is 4.72 Å². The number of alkyl halides is 6. The van der Waals surface area contributed by atoms with Crippen molar-refractivity contribution >= 4 is 27.5 Å². The Balaban J connectivity index is 1.61. The second-order valence-corrected chi connectivity index (χ2v) is 10.6. The number of carbonyl (C=O) groups excluding carboxylic acids is 1. The highest BCUT2D eigenvalue weighted by molar-refractivity contribution is 7.92. The number of halogens is 6. The van der Waals surface area contributed by atoms with Crippen LogP contribution in [-0.2, 0) is 16.2 Å². The van der Waals surface area contributed by atoms with E-state index in [1.165, 1.54) is 12.1 Å². The summed E-state index contributed by atoms with van der Waals surface area (Å²) in [7, 11) is -4.49. The van der Waals surface area contributed by atoms with Gasteiger partial charge < -0.3 is 16.9 Å². The molecule has 2 bridgehead atoms. The van der Waals surface area contributed by atoms with Crippen molar-refractivity contribution in [1.29, 1.82) is 0 Å². The number of hydrogen-bond acceptors (Lipinski definition) is 5. The van der Waals surface area contributed by atoms with Gasteiger partial charge in [0.1, 0.15) is 5.84 Å². The van der Waals surface area contributed by atoms with Gasteiger partial charge in [0.05, 0.1) is 27.1 Å². The van der Waals surface area contributed by atoms with Crippen molar-refractivity contribution in [2.75, 3.05) is 4.72 Å². The second kappa shape index (κ2) is 8.01.